The third-order valence-corrected chi connectivity index (χ3v) is 4.38. The van der Waals surface area contributed by atoms with Gasteiger partial charge in [-0.25, -0.2) is 0 Å². The highest BCUT2D eigenvalue weighted by Crippen LogP contribution is 2.15. The number of fused-ring (bicyclic) bond motifs is 1. The zero-order valence-electron chi connectivity index (χ0n) is 12.2. The maximum atomic E-state index is 12.0. The molecule has 0 spiro atoms. The minimum absolute atomic E-state index is 0.168. The van der Waals surface area contributed by atoms with Gasteiger partial charge in [0, 0.05) is 7.05 Å². The third-order valence-electron chi connectivity index (χ3n) is 3.26. The van der Waals surface area contributed by atoms with Crippen LogP contribution in [0.3, 0.4) is 0 Å². The minimum atomic E-state index is -0.168. The van der Waals surface area contributed by atoms with Crippen LogP contribution in [0.25, 0.3) is 10.2 Å². The van der Waals surface area contributed by atoms with Gasteiger partial charge in [0.2, 0.25) is 0 Å². The summed E-state index contributed by atoms with van der Waals surface area (Å²) in [6, 6.07) is 17.5. The fourth-order valence-corrected chi connectivity index (χ4v) is 3.16. The van der Waals surface area contributed by atoms with Crippen LogP contribution in [0.15, 0.2) is 59.6 Å². The van der Waals surface area contributed by atoms with E-state index in [1.165, 1.54) is 11.3 Å². The van der Waals surface area contributed by atoms with Gasteiger partial charge in [-0.15, -0.1) is 0 Å². The summed E-state index contributed by atoms with van der Waals surface area (Å²) in [5.74, 6) is 0.598. The molecule has 5 heteroatoms. The maximum Gasteiger partial charge on any atom is 0.251 e. The van der Waals surface area contributed by atoms with E-state index >= 15 is 0 Å². The first-order chi connectivity index (χ1) is 10.7. The molecule has 0 unspecified atom stereocenters. The molecule has 0 aliphatic carbocycles. The molecule has 0 aliphatic heterocycles. The van der Waals surface area contributed by atoms with E-state index < -0.39 is 0 Å². The second-order valence-corrected chi connectivity index (χ2v) is 5.84. The number of aromatic nitrogens is 1. The molecule has 1 aromatic heterocycles. The van der Waals surface area contributed by atoms with Crippen molar-refractivity contribution < 1.29 is 9.53 Å². The topological polar surface area (TPSA) is 43.6 Å². The Hall–Kier alpha value is -2.40. The molecule has 0 saturated heterocycles. The number of carbonyl (C=O) groups is 1. The predicted octanol–water partition coefficient (Wildman–Crippen LogP) is 3.14. The standard InChI is InChI=1S/C17H16N2O2S/c1-19-14-9-5-6-10-15(14)22-17(19)18-16(20)11-12-21-13-7-3-2-4-8-13/h2-10H,11-12H2,1H3. The van der Waals surface area contributed by atoms with E-state index in [1.54, 1.807) is 0 Å². The Bertz CT molecular complexity index is 850. The molecular weight excluding hydrogens is 296 g/mol. The summed E-state index contributed by atoms with van der Waals surface area (Å²) < 4.78 is 8.58. The highest BCUT2D eigenvalue weighted by molar-refractivity contribution is 7.16. The van der Waals surface area contributed by atoms with Gasteiger partial charge in [-0.05, 0) is 24.3 Å². The van der Waals surface area contributed by atoms with Gasteiger partial charge in [-0.1, -0.05) is 41.7 Å². The molecule has 0 aliphatic rings. The molecule has 1 amide bonds. The first kappa shape index (κ1) is 14.5. The zero-order chi connectivity index (χ0) is 15.4. The molecule has 0 N–H and O–H groups in total. The Morgan fingerprint density at radius 1 is 1.14 bits per heavy atom. The Balaban J connectivity index is 1.68. The normalized spacial score (nSPS) is 11.8. The minimum Gasteiger partial charge on any atom is -0.493 e. The second-order valence-electron chi connectivity index (χ2n) is 4.83. The Morgan fingerprint density at radius 3 is 2.64 bits per heavy atom. The lowest BCUT2D eigenvalue weighted by Gasteiger charge is -2.03. The van der Waals surface area contributed by atoms with E-state index in [2.05, 4.69) is 4.99 Å². The van der Waals surface area contributed by atoms with E-state index in [0.717, 1.165) is 16.0 Å². The number of benzene rings is 2. The maximum absolute atomic E-state index is 12.0. The van der Waals surface area contributed by atoms with Crippen LogP contribution in [0.2, 0.25) is 0 Å². The summed E-state index contributed by atoms with van der Waals surface area (Å²) in [5, 5.41) is 0. The van der Waals surface area contributed by atoms with Gasteiger partial charge in [-0.2, -0.15) is 4.99 Å². The van der Waals surface area contributed by atoms with Crippen molar-refractivity contribution in [2.24, 2.45) is 12.0 Å². The van der Waals surface area contributed by atoms with Gasteiger partial charge >= 0.3 is 0 Å². The number of thiazole rings is 1. The molecule has 112 valence electrons. The van der Waals surface area contributed by atoms with Crippen LogP contribution >= 0.6 is 11.3 Å². The van der Waals surface area contributed by atoms with Crippen molar-refractivity contribution in [1.29, 1.82) is 0 Å². The summed E-state index contributed by atoms with van der Waals surface area (Å²) in [6.07, 6.45) is 0.267. The molecule has 22 heavy (non-hydrogen) atoms. The summed E-state index contributed by atoms with van der Waals surface area (Å²) in [4.78, 5) is 16.9. The summed E-state index contributed by atoms with van der Waals surface area (Å²) in [7, 11) is 1.92. The fourth-order valence-electron chi connectivity index (χ4n) is 2.12. The molecule has 0 saturated carbocycles. The van der Waals surface area contributed by atoms with Crippen LogP contribution in [0, 0.1) is 0 Å². The molecule has 2 aromatic carbocycles. The van der Waals surface area contributed by atoms with E-state index in [4.69, 9.17) is 4.74 Å². The number of hydrogen-bond acceptors (Lipinski definition) is 3. The van der Waals surface area contributed by atoms with Crippen molar-refractivity contribution in [3.63, 3.8) is 0 Å². The molecule has 4 nitrogen and oxygen atoms in total. The largest absolute Gasteiger partial charge is 0.493 e. The van der Waals surface area contributed by atoms with Crippen molar-refractivity contribution in [2.75, 3.05) is 6.61 Å². The van der Waals surface area contributed by atoms with E-state index in [0.29, 0.717) is 11.4 Å². The molecule has 0 radical (unpaired) electrons. The monoisotopic (exact) mass is 312 g/mol. The lowest BCUT2D eigenvalue weighted by molar-refractivity contribution is -0.118. The average Bonchev–Trinajstić information content (AvgIpc) is 2.85. The van der Waals surface area contributed by atoms with Crippen LogP contribution in [-0.2, 0) is 11.8 Å². The SMILES string of the molecule is Cn1c(=NC(=O)CCOc2ccccc2)sc2ccccc21. The zero-order valence-corrected chi connectivity index (χ0v) is 13.0. The number of amides is 1. The van der Waals surface area contributed by atoms with E-state index in [-0.39, 0.29) is 12.3 Å². The number of hydrogen-bond donors (Lipinski definition) is 0. The van der Waals surface area contributed by atoms with E-state index in [9.17, 15) is 4.79 Å². The van der Waals surface area contributed by atoms with Gasteiger partial charge in [-0.3, -0.25) is 4.79 Å². The van der Waals surface area contributed by atoms with Gasteiger partial charge in [0.15, 0.2) is 4.80 Å². The van der Waals surface area contributed by atoms with Crippen LogP contribution in [0.4, 0.5) is 0 Å². The number of para-hydroxylation sites is 2. The van der Waals surface area contributed by atoms with Crippen LogP contribution in [0.1, 0.15) is 6.42 Å². The first-order valence-corrected chi connectivity index (χ1v) is 7.85. The summed E-state index contributed by atoms with van der Waals surface area (Å²) >= 11 is 1.52. The van der Waals surface area contributed by atoms with Crippen molar-refractivity contribution in [1.82, 2.24) is 4.57 Å². The van der Waals surface area contributed by atoms with Gasteiger partial charge < -0.3 is 9.30 Å². The third kappa shape index (κ3) is 3.26. The van der Waals surface area contributed by atoms with Crippen molar-refractivity contribution in [2.45, 2.75) is 6.42 Å². The van der Waals surface area contributed by atoms with Crippen molar-refractivity contribution in [3.05, 3.63) is 59.4 Å². The number of aryl methyl sites for hydroxylation is 1. The fraction of sp³-hybridized carbons (Fsp3) is 0.176. The first-order valence-electron chi connectivity index (χ1n) is 7.04. The summed E-state index contributed by atoms with van der Waals surface area (Å²) in [6.45, 7) is 0.334. The summed E-state index contributed by atoms with van der Waals surface area (Å²) in [5.41, 5.74) is 1.08. The molecule has 0 fully saturated rings. The average molecular weight is 312 g/mol. The van der Waals surface area contributed by atoms with Crippen molar-refractivity contribution >= 4 is 27.5 Å². The molecule has 3 aromatic rings. The smallest absolute Gasteiger partial charge is 0.251 e. The van der Waals surface area contributed by atoms with Gasteiger partial charge in [0.1, 0.15) is 5.75 Å². The Kier molecular flexibility index (Phi) is 4.34. The molecular formula is C17H16N2O2S. The van der Waals surface area contributed by atoms with Crippen LogP contribution < -0.4 is 9.54 Å². The Morgan fingerprint density at radius 2 is 1.86 bits per heavy atom. The predicted molar refractivity (Wildman–Crippen MR) is 87.9 cm³/mol. The number of nitrogens with zero attached hydrogens (tertiary/aromatic N) is 2. The highest BCUT2D eigenvalue weighted by Gasteiger charge is 2.05. The van der Waals surface area contributed by atoms with Gasteiger partial charge in [0.05, 0.1) is 23.2 Å². The lowest BCUT2D eigenvalue weighted by Crippen LogP contribution is -2.14. The molecule has 0 bridgehead atoms. The Labute approximate surface area is 132 Å². The second kappa shape index (κ2) is 6.58. The van der Waals surface area contributed by atoms with Crippen LogP contribution in [-0.4, -0.2) is 17.1 Å². The quantitative estimate of drug-likeness (QED) is 0.743. The molecule has 3 rings (SSSR count). The van der Waals surface area contributed by atoms with Crippen molar-refractivity contribution in [3.8, 4) is 5.75 Å². The van der Waals surface area contributed by atoms with Gasteiger partial charge in [0.25, 0.3) is 5.91 Å². The number of rotatable bonds is 4. The molecule has 1 heterocycles. The van der Waals surface area contributed by atoms with E-state index in [1.807, 2.05) is 66.2 Å². The molecule has 0 atom stereocenters. The van der Waals surface area contributed by atoms with Crippen LogP contribution in [0.5, 0.6) is 5.75 Å². The number of carbonyl (C=O) groups excluding carboxylic acids is 1. The number of ether oxygens (including phenoxy) is 1. The highest BCUT2D eigenvalue weighted by atomic mass is 32.1. The lowest BCUT2D eigenvalue weighted by atomic mass is 10.3.